The first-order chi connectivity index (χ1) is 18.6. The summed E-state index contributed by atoms with van der Waals surface area (Å²) in [6.45, 7) is 2.36. The van der Waals surface area contributed by atoms with Crippen molar-refractivity contribution in [1.82, 2.24) is 0 Å². The van der Waals surface area contributed by atoms with Crippen LogP contribution < -0.4 is 5.32 Å². The van der Waals surface area contributed by atoms with Crippen LogP contribution in [-0.2, 0) is 18.5 Å². The predicted molar refractivity (Wildman–Crippen MR) is 126 cm³/mol. The van der Waals surface area contributed by atoms with E-state index in [1.165, 1.54) is 6.07 Å². The van der Waals surface area contributed by atoms with E-state index in [4.69, 9.17) is 0 Å². The Kier molecular flexibility index (Phi) is 7.90. The molecule has 0 unspecified atom stereocenters. The largest absolute Gasteiger partial charge is 0.460 e. The summed E-state index contributed by atoms with van der Waals surface area (Å²) in [6, 6.07) is 3.82. The first-order valence-electron chi connectivity index (χ1n) is 11.3. The van der Waals surface area contributed by atoms with E-state index in [0.717, 1.165) is 12.1 Å². The second kappa shape index (κ2) is 10.3. The summed E-state index contributed by atoms with van der Waals surface area (Å²) in [5.74, 6) is -12.4. The van der Waals surface area contributed by atoms with Crippen LogP contribution in [0.4, 0.5) is 66.7 Å². The number of hydrogen-bond acceptors (Lipinski definition) is 5. The third kappa shape index (κ3) is 5.56. The summed E-state index contributed by atoms with van der Waals surface area (Å²) in [4.78, 5) is 20.0. The first-order valence-corrected chi connectivity index (χ1v) is 11.3. The van der Waals surface area contributed by atoms with Crippen LogP contribution in [-0.4, -0.2) is 21.9 Å². The van der Waals surface area contributed by atoms with Gasteiger partial charge in [0.05, 0.1) is 21.5 Å². The fraction of sp³-hybridized carbons (Fsp3) is 0.333. The average Bonchev–Trinajstić information content (AvgIpc) is 2.82. The van der Waals surface area contributed by atoms with Gasteiger partial charge in [-0.1, -0.05) is 31.5 Å². The van der Waals surface area contributed by atoms with Gasteiger partial charge in [0, 0.05) is 22.7 Å². The number of benzene rings is 3. The smallest absolute Gasteiger partial charge is 0.349 e. The standard InChI is InChI=1S/C24H17F10N3O4/c1-3-4-12-5-6-14-15(8-12)19(21(25,26)23(30,31)24(32,33)34)11(2)7-17(14)35-20-16(22(27,28)29)9-13(36(38)39)10-18(20)37(40)41/h5-10,35H,3-4H2,1-2H3. The zero-order valence-corrected chi connectivity index (χ0v) is 20.7. The number of nitrogens with one attached hydrogen (secondary N) is 1. The summed E-state index contributed by atoms with van der Waals surface area (Å²) >= 11 is 0. The average molecular weight is 601 g/mol. The van der Waals surface area contributed by atoms with Crippen LogP contribution in [0.5, 0.6) is 0 Å². The van der Waals surface area contributed by atoms with E-state index in [2.05, 4.69) is 0 Å². The molecule has 0 atom stereocenters. The minimum absolute atomic E-state index is 0.0177. The van der Waals surface area contributed by atoms with Gasteiger partial charge in [-0.05, 0) is 35.9 Å². The molecular weight excluding hydrogens is 584 g/mol. The molecule has 1 N–H and O–H groups in total. The molecule has 3 aromatic rings. The zero-order chi connectivity index (χ0) is 31.3. The van der Waals surface area contributed by atoms with Crippen LogP contribution in [0.2, 0.25) is 0 Å². The molecule has 3 rings (SSSR count). The summed E-state index contributed by atoms with van der Waals surface area (Å²) in [6.07, 6.45) is -11.6. The van der Waals surface area contributed by atoms with Crippen molar-refractivity contribution in [2.24, 2.45) is 0 Å². The topological polar surface area (TPSA) is 98.3 Å². The van der Waals surface area contributed by atoms with Gasteiger partial charge in [-0.3, -0.25) is 20.2 Å². The molecule has 222 valence electrons. The van der Waals surface area contributed by atoms with Crippen molar-refractivity contribution in [3.63, 3.8) is 0 Å². The highest BCUT2D eigenvalue weighted by atomic mass is 19.4. The van der Waals surface area contributed by atoms with Gasteiger partial charge >= 0.3 is 24.2 Å². The van der Waals surface area contributed by atoms with E-state index in [1.807, 2.05) is 5.32 Å². The quantitative estimate of drug-likeness (QED) is 0.158. The summed E-state index contributed by atoms with van der Waals surface area (Å²) in [5, 5.41) is 23.3. The fourth-order valence-corrected chi connectivity index (χ4v) is 4.26. The lowest BCUT2D eigenvalue weighted by molar-refractivity contribution is -0.394. The Balaban J connectivity index is 2.43. The number of nitrogens with zero attached hydrogens (tertiary/aromatic N) is 2. The van der Waals surface area contributed by atoms with Gasteiger partial charge in [0.15, 0.2) is 0 Å². The molecule has 3 aromatic carbocycles. The number of aryl methyl sites for hydroxylation is 2. The van der Waals surface area contributed by atoms with Gasteiger partial charge in [0.2, 0.25) is 0 Å². The number of rotatable bonds is 8. The molecule has 0 aliphatic carbocycles. The molecule has 41 heavy (non-hydrogen) atoms. The second-order valence-electron chi connectivity index (χ2n) is 8.92. The maximum Gasteiger partial charge on any atom is 0.460 e. The predicted octanol–water partition coefficient (Wildman–Crippen LogP) is 8.97. The summed E-state index contributed by atoms with van der Waals surface area (Å²) < 4.78 is 139. The number of alkyl halides is 10. The molecule has 0 bridgehead atoms. The number of fused-ring (bicyclic) bond motifs is 1. The highest BCUT2D eigenvalue weighted by molar-refractivity contribution is 6.00. The SMILES string of the molecule is CCCc1ccc2c(Nc3c([N+](=O)[O-])cc([N+](=O)[O-])cc3C(F)(F)F)cc(C)c(C(F)(F)C(F)(F)C(F)(F)F)c2c1. The minimum atomic E-state index is -6.69. The van der Waals surface area contributed by atoms with E-state index < -0.39 is 84.3 Å². The monoisotopic (exact) mass is 601 g/mol. The maximum atomic E-state index is 15.0. The molecule has 0 amide bonds. The van der Waals surface area contributed by atoms with Crippen LogP contribution in [0.1, 0.15) is 35.6 Å². The van der Waals surface area contributed by atoms with Crippen molar-refractivity contribution < 1.29 is 53.8 Å². The lowest BCUT2D eigenvalue weighted by atomic mass is 9.89. The van der Waals surface area contributed by atoms with E-state index in [1.54, 1.807) is 6.92 Å². The van der Waals surface area contributed by atoms with E-state index in [-0.39, 0.29) is 24.1 Å². The number of non-ortho nitro benzene ring substituents is 1. The van der Waals surface area contributed by atoms with Crippen molar-refractivity contribution in [1.29, 1.82) is 0 Å². The fourth-order valence-electron chi connectivity index (χ4n) is 4.26. The third-order valence-electron chi connectivity index (χ3n) is 6.08. The van der Waals surface area contributed by atoms with Gasteiger partial charge in [-0.2, -0.15) is 43.9 Å². The Labute approximate surface area is 223 Å². The lowest BCUT2D eigenvalue weighted by Gasteiger charge is -2.31. The molecule has 0 radical (unpaired) electrons. The molecule has 0 spiro atoms. The molecule has 17 heteroatoms. The van der Waals surface area contributed by atoms with Gasteiger partial charge in [-0.15, -0.1) is 0 Å². The van der Waals surface area contributed by atoms with Gasteiger partial charge in [0.1, 0.15) is 5.69 Å². The maximum absolute atomic E-state index is 15.0. The van der Waals surface area contributed by atoms with Crippen LogP contribution in [0, 0.1) is 27.2 Å². The normalized spacial score (nSPS) is 13.0. The van der Waals surface area contributed by atoms with Crippen molar-refractivity contribution >= 4 is 33.5 Å². The number of nitro benzene ring substituents is 2. The second-order valence-corrected chi connectivity index (χ2v) is 8.92. The zero-order valence-electron chi connectivity index (χ0n) is 20.7. The highest BCUT2D eigenvalue weighted by Gasteiger charge is 2.74. The molecule has 0 saturated heterocycles. The van der Waals surface area contributed by atoms with Crippen molar-refractivity contribution in [2.75, 3.05) is 5.32 Å². The number of halogens is 10. The molecule has 0 aromatic heterocycles. The Morgan fingerprint density at radius 2 is 1.44 bits per heavy atom. The van der Waals surface area contributed by atoms with Gasteiger partial charge < -0.3 is 5.32 Å². The van der Waals surface area contributed by atoms with E-state index in [0.29, 0.717) is 19.4 Å². The van der Waals surface area contributed by atoms with Crippen molar-refractivity contribution in [3.05, 3.63) is 78.9 Å². The molecule has 0 aliphatic rings. The van der Waals surface area contributed by atoms with Gasteiger partial charge in [-0.25, -0.2) is 0 Å². The minimum Gasteiger partial charge on any atom is -0.349 e. The Morgan fingerprint density at radius 1 is 0.829 bits per heavy atom. The first kappa shape index (κ1) is 31.3. The van der Waals surface area contributed by atoms with E-state index >= 15 is 8.78 Å². The molecule has 0 fully saturated rings. The Bertz CT molecular complexity index is 1540. The lowest BCUT2D eigenvalue weighted by Crippen LogP contribution is -2.50. The molecule has 0 heterocycles. The third-order valence-corrected chi connectivity index (χ3v) is 6.08. The number of anilines is 2. The summed E-state index contributed by atoms with van der Waals surface area (Å²) in [7, 11) is 0. The van der Waals surface area contributed by atoms with Crippen LogP contribution in [0.3, 0.4) is 0 Å². The van der Waals surface area contributed by atoms with Crippen molar-refractivity contribution in [3.8, 4) is 0 Å². The van der Waals surface area contributed by atoms with Crippen LogP contribution in [0.15, 0.2) is 36.4 Å². The Morgan fingerprint density at radius 3 is 1.93 bits per heavy atom. The highest BCUT2D eigenvalue weighted by Crippen LogP contribution is 2.55. The number of nitro groups is 2. The van der Waals surface area contributed by atoms with E-state index in [9.17, 15) is 55.4 Å². The van der Waals surface area contributed by atoms with Crippen LogP contribution in [0.25, 0.3) is 10.8 Å². The van der Waals surface area contributed by atoms with Crippen molar-refractivity contribution in [2.45, 2.75) is 50.9 Å². The molecule has 7 nitrogen and oxygen atoms in total. The Hall–Kier alpha value is -4.18. The van der Waals surface area contributed by atoms with Gasteiger partial charge in [0.25, 0.3) is 11.4 Å². The number of hydrogen-bond donors (Lipinski definition) is 1. The molecular formula is C24H17F10N3O4. The molecule has 0 saturated carbocycles. The van der Waals surface area contributed by atoms with Crippen LogP contribution >= 0.6 is 0 Å². The molecule has 0 aliphatic heterocycles. The summed E-state index contributed by atoms with van der Waals surface area (Å²) in [5.41, 5.74) is -9.08.